The van der Waals surface area contributed by atoms with Crippen molar-refractivity contribution in [3.8, 4) is 0 Å². The lowest BCUT2D eigenvalue weighted by Crippen LogP contribution is -2.40. The molecule has 1 rings (SSSR count). The number of rotatable bonds is 1. The lowest BCUT2D eigenvalue weighted by molar-refractivity contribution is -0.203. The van der Waals surface area contributed by atoms with Crippen molar-refractivity contribution in [2.75, 3.05) is 6.61 Å². The van der Waals surface area contributed by atoms with E-state index in [1.807, 2.05) is 0 Å². The molecule has 1 aliphatic heterocycles. The number of ether oxygens (including phenoxy) is 1. The molecule has 60 valence electrons. The lowest BCUT2D eigenvalue weighted by atomic mass is 10.3. The molecule has 0 spiro atoms. The van der Waals surface area contributed by atoms with Crippen molar-refractivity contribution in [1.29, 1.82) is 0 Å². The SMILES string of the molecule is FC(F)(F)C(F)(Cl)C1CO1. The van der Waals surface area contributed by atoms with Crippen LogP contribution in [-0.4, -0.2) is 24.0 Å². The van der Waals surface area contributed by atoms with Crippen LogP contribution in [0.4, 0.5) is 17.6 Å². The van der Waals surface area contributed by atoms with Crippen LogP contribution in [0.15, 0.2) is 0 Å². The fourth-order valence-corrected chi connectivity index (χ4v) is 0.566. The number of hydrogen-bond acceptors (Lipinski definition) is 1. The van der Waals surface area contributed by atoms with E-state index in [2.05, 4.69) is 16.3 Å². The molecule has 1 fully saturated rings. The Morgan fingerprint density at radius 1 is 1.30 bits per heavy atom. The molecule has 0 aromatic rings. The predicted octanol–water partition coefficient (Wildman–Crippen LogP) is 1.85. The average Bonchev–Trinajstić information content (AvgIpc) is 2.38. The first-order valence-electron chi connectivity index (χ1n) is 2.42. The molecular formula is C4H3ClF4O. The maximum Gasteiger partial charge on any atom is 0.439 e. The van der Waals surface area contributed by atoms with Crippen molar-refractivity contribution < 1.29 is 22.3 Å². The number of halogens is 5. The largest absolute Gasteiger partial charge is 0.439 e. The first kappa shape index (κ1) is 8.07. The van der Waals surface area contributed by atoms with Crippen LogP contribution in [0.25, 0.3) is 0 Å². The van der Waals surface area contributed by atoms with Crippen molar-refractivity contribution in [1.82, 2.24) is 0 Å². The number of epoxide rings is 1. The summed E-state index contributed by atoms with van der Waals surface area (Å²) >= 11 is 4.49. The molecule has 1 aliphatic rings. The van der Waals surface area contributed by atoms with Gasteiger partial charge < -0.3 is 4.74 Å². The normalized spacial score (nSPS) is 31.5. The molecule has 1 nitrogen and oxygen atoms in total. The minimum atomic E-state index is -5.05. The van der Waals surface area contributed by atoms with Gasteiger partial charge >= 0.3 is 11.3 Å². The molecule has 1 heterocycles. The van der Waals surface area contributed by atoms with E-state index in [-0.39, 0.29) is 6.61 Å². The van der Waals surface area contributed by atoms with Gasteiger partial charge in [0.05, 0.1) is 6.61 Å². The molecule has 6 heteroatoms. The molecule has 0 aromatic heterocycles. The van der Waals surface area contributed by atoms with Crippen molar-refractivity contribution in [2.45, 2.75) is 17.4 Å². The Balaban J connectivity index is 2.66. The number of hydrogen-bond donors (Lipinski definition) is 0. The highest BCUT2D eigenvalue weighted by molar-refractivity contribution is 6.24. The van der Waals surface area contributed by atoms with Crippen LogP contribution in [0.1, 0.15) is 0 Å². The minimum Gasteiger partial charge on any atom is -0.368 e. The van der Waals surface area contributed by atoms with Crippen molar-refractivity contribution >= 4 is 11.6 Å². The van der Waals surface area contributed by atoms with Crippen LogP contribution >= 0.6 is 11.6 Å². The summed E-state index contributed by atoms with van der Waals surface area (Å²) in [6, 6.07) is 0. The molecule has 0 amide bonds. The Morgan fingerprint density at radius 3 is 1.80 bits per heavy atom. The summed E-state index contributed by atoms with van der Waals surface area (Å²) < 4.78 is 51.0. The Morgan fingerprint density at radius 2 is 1.70 bits per heavy atom. The van der Waals surface area contributed by atoms with Gasteiger partial charge in [0.25, 0.3) is 0 Å². The summed E-state index contributed by atoms with van der Waals surface area (Å²) in [5.74, 6) is 0. The third-order valence-corrected chi connectivity index (χ3v) is 1.57. The van der Waals surface area contributed by atoms with E-state index in [0.29, 0.717) is 0 Å². The minimum absolute atomic E-state index is 0.264. The van der Waals surface area contributed by atoms with Crippen LogP contribution in [0, 0.1) is 0 Å². The van der Waals surface area contributed by atoms with Gasteiger partial charge in [-0.15, -0.1) is 0 Å². The molecule has 0 radical (unpaired) electrons. The van der Waals surface area contributed by atoms with E-state index in [0.717, 1.165) is 0 Å². The van der Waals surface area contributed by atoms with Gasteiger partial charge in [-0.05, 0) is 0 Å². The standard InChI is InChI=1S/C4H3ClF4O/c5-3(6,2-1-10-2)4(7,8)9/h2H,1H2. The highest BCUT2D eigenvalue weighted by Crippen LogP contribution is 2.45. The Kier molecular flexibility index (Phi) is 1.60. The van der Waals surface area contributed by atoms with E-state index in [4.69, 9.17) is 0 Å². The third kappa shape index (κ3) is 1.20. The summed E-state index contributed by atoms with van der Waals surface area (Å²) in [7, 11) is 0. The molecule has 0 aromatic carbocycles. The summed E-state index contributed by atoms with van der Waals surface area (Å²) in [6.07, 6.45) is -6.57. The van der Waals surface area contributed by atoms with E-state index < -0.39 is 17.4 Å². The van der Waals surface area contributed by atoms with Crippen LogP contribution in [0.3, 0.4) is 0 Å². The second-order valence-electron chi connectivity index (χ2n) is 1.94. The molecule has 0 saturated carbocycles. The zero-order valence-electron chi connectivity index (χ0n) is 4.58. The Bertz CT molecular complexity index is 139. The number of alkyl halides is 5. The van der Waals surface area contributed by atoms with Crippen molar-refractivity contribution in [3.05, 3.63) is 0 Å². The fourth-order valence-electron chi connectivity index (χ4n) is 0.440. The maximum absolute atomic E-state index is 12.3. The summed E-state index contributed by atoms with van der Waals surface area (Å²) in [6.45, 7) is -0.264. The molecule has 0 bridgehead atoms. The zero-order valence-corrected chi connectivity index (χ0v) is 5.34. The van der Waals surface area contributed by atoms with Gasteiger partial charge in [0.1, 0.15) is 6.10 Å². The van der Waals surface area contributed by atoms with Crippen LogP contribution < -0.4 is 0 Å². The fraction of sp³-hybridized carbons (Fsp3) is 1.00. The van der Waals surface area contributed by atoms with Gasteiger partial charge in [-0.1, -0.05) is 11.6 Å². The Hall–Kier alpha value is -0.0300. The van der Waals surface area contributed by atoms with E-state index in [1.54, 1.807) is 0 Å². The molecule has 2 unspecified atom stereocenters. The van der Waals surface area contributed by atoms with Gasteiger partial charge in [-0.25, -0.2) is 4.39 Å². The lowest BCUT2D eigenvalue weighted by Gasteiger charge is -2.18. The van der Waals surface area contributed by atoms with Gasteiger partial charge in [0, 0.05) is 0 Å². The van der Waals surface area contributed by atoms with Gasteiger partial charge in [-0.2, -0.15) is 13.2 Å². The molecule has 1 saturated heterocycles. The quantitative estimate of drug-likeness (QED) is 0.339. The molecule has 10 heavy (non-hydrogen) atoms. The topological polar surface area (TPSA) is 12.5 Å². The highest BCUT2D eigenvalue weighted by atomic mass is 35.5. The van der Waals surface area contributed by atoms with Crippen LogP contribution in [0.5, 0.6) is 0 Å². The van der Waals surface area contributed by atoms with Crippen molar-refractivity contribution in [3.63, 3.8) is 0 Å². The average molecular weight is 179 g/mol. The summed E-state index contributed by atoms with van der Waals surface area (Å²) in [4.78, 5) is 0. The van der Waals surface area contributed by atoms with E-state index in [9.17, 15) is 17.6 Å². The zero-order chi connectivity index (χ0) is 7.99. The monoisotopic (exact) mass is 178 g/mol. The smallest absolute Gasteiger partial charge is 0.368 e. The highest BCUT2D eigenvalue weighted by Gasteiger charge is 2.64. The van der Waals surface area contributed by atoms with Gasteiger partial charge in [0.2, 0.25) is 0 Å². The van der Waals surface area contributed by atoms with E-state index >= 15 is 0 Å². The molecule has 2 atom stereocenters. The van der Waals surface area contributed by atoms with Gasteiger partial charge in [-0.3, -0.25) is 0 Å². The first-order valence-corrected chi connectivity index (χ1v) is 2.79. The summed E-state index contributed by atoms with van der Waals surface area (Å²) in [5, 5.41) is -3.70. The maximum atomic E-state index is 12.3. The summed E-state index contributed by atoms with van der Waals surface area (Å²) in [5.41, 5.74) is 0. The van der Waals surface area contributed by atoms with E-state index in [1.165, 1.54) is 0 Å². The predicted molar refractivity (Wildman–Crippen MR) is 25.5 cm³/mol. The third-order valence-electron chi connectivity index (χ3n) is 1.12. The van der Waals surface area contributed by atoms with Crippen LogP contribution in [0.2, 0.25) is 0 Å². The van der Waals surface area contributed by atoms with Crippen molar-refractivity contribution in [2.24, 2.45) is 0 Å². The van der Waals surface area contributed by atoms with Gasteiger partial charge in [0.15, 0.2) is 0 Å². The first-order chi connectivity index (χ1) is 4.36. The molecular weight excluding hydrogens is 175 g/mol. The Labute approximate surface area is 58.9 Å². The molecule has 0 N–H and O–H groups in total. The second-order valence-corrected chi connectivity index (χ2v) is 2.49. The second kappa shape index (κ2) is 1.98. The molecule has 0 aliphatic carbocycles. The van der Waals surface area contributed by atoms with Crippen LogP contribution in [-0.2, 0) is 4.74 Å².